The molecule has 0 radical (unpaired) electrons. The molecule has 3 nitrogen and oxygen atoms in total. The molecule has 0 saturated carbocycles. The van der Waals surface area contributed by atoms with Crippen molar-refractivity contribution in [2.24, 2.45) is 0 Å². The summed E-state index contributed by atoms with van der Waals surface area (Å²) in [7, 11) is 0. The number of hydrogen-bond donors (Lipinski definition) is 2. The van der Waals surface area contributed by atoms with E-state index in [-0.39, 0.29) is 0 Å². The second-order valence-corrected chi connectivity index (χ2v) is 3.96. The summed E-state index contributed by atoms with van der Waals surface area (Å²) in [6.07, 6.45) is 0. The second kappa shape index (κ2) is 4.34. The Morgan fingerprint density at radius 1 is 1.33 bits per heavy atom. The van der Waals surface area contributed by atoms with E-state index >= 15 is 0 Å². The van der Waals surface area contributed by atoms with Crippen LogP contribution in [0.3, 0.4) is 0 Å². The number of aliphatic carboxylic acids is 1. The molecule has 0 spiro atoms. The van der Waals surface area contributed by atoms with Crippen molar-refractivity contribution in [1.29, 1.82) is 0 Å². The standard InChI is InChI=1S/C12H17NO2/c1-7-5-8(2)9(3)11(6-7)13-10(4)12(14)15/h5-6,10,13H,1-4H3,(H,14,15)/t10-/m0/s1. The second-order valence-electron chi connectivity index (χ2n) is 3.96. The van der Waals surface area contributed by atoms with Gasteiger partial charge >= 0.3 is 5.97 Å². The molecule has 1 aromatic carbocycles. The highest BCUT2D eigenvalue weighted by Gasteiger charge is 2.12. The van der Waals surface area contributed by atoms with Crippen LogP contribution in [0, 0.1) is 20.8 Å². The van der Waals surface area contributed by atoms with E-state index in [4.69, 9.17) is 5.11 Å². The summed E-state index contributed by atoms with van der Waals surface area (Å²) in [6.45, 7) is 7.66. The quantitative estimate of drug-likeness (QED) is 0.800. The van der Waals surface area contributed by atoms with Crippen LogP contribution in [0.2, 0.25) is 0 Å². The number of rotatable bonds is 3. The molecule has 0 amide bonds. The maximum absolute atomic E-state index is 10.7. The van der Waals surface area contributed by atoms with Gasteiger partial charge in [-0.2, -0.15) is 0 Å². The molecular weight excluding hydrogens is 190 g/mol. The summed E-state index contributed by atoms with van der Waals surface area (Å²) in [4.78, 5) is 10.7. The number of carboxylic acid groups (broad SMARTS) is 1. The third-order valence-corrected chi connectivity index (χ3v) is 2.55. The number of nitrogens with one attached hydrogen (secondary N) is 1. The first kappa shape index (κ1) is 11.6. The highest BCUT2D eigenvalue weighted by molar-refractivity contribution is 5.77. The Balaban J connectivity index is 2.99. The number of carboxylic acids is 1. The van der Waals surface area contributed by atoms with E-state index in [1.54, 1.807) is 6.92 Å². The van der Waals surface area contributed by atoms with E-state index < -0.39 is 12.0 Å². The van der Waals surface area contributed by atoms with Crippen LogP contribution < -0.4 is 5.32 Å². The zero-order valence-electron chi connectivity index (χ0n) is 9.59. The minimum absolute atomic E-state index is 0.565. The van der Waals surface area contributed by atoms with Gasteiger partial charge in [0.25, 0.3) is 0 Å². The average Bonchev–Trinajstić information content (AvgIpc) is 2.13. The number of aryl methyl sites for hydroxylation is 2. The maximum Gasteiger partial charge on any atom is 0.325 e. The van der Waals surface area contributed by atoms with Crippen LogP contribution in [0.25, 0.3) is 0 Å². The topological polar surface area (TPSA) is 49.3 Å². The normalized spacial score (nSPS) is 12.3. The summed E-state index contributed by atoms with van der Waals surface area (Å²) in [5.74, 6) is -0.839. The lowest BCUT2D eigenvalue weighted by Crippen LogP contribution is -2.25. The van der Waals surface area contributed by atoms with Gasteiger partial charge in [-0.05, 0) is 50.5 Å². The molecule has 3 heteroatoms. The molecule has 0 aliphatic heterocycles. The van der Waals surface area contributed by atoms with Crippen LogP contribution in [0.4, 0.5) is 5.69 Å². The Bertz CT molecular complexity index is 385. The fourth-order valence-corrected chi connectivity index (χ4v) is 1.48. The fourth-order valence-electron chi connectivity index (χ4n) is 1.48. The van der Waals surface area contributed by atoms with Crippen LogP contribution in [-0.4, -0.2) is 17.1 Å². The highest BCUT2D eigenvalue weighted by Crippen LogP contribution is 2.21. The first-order chi connectivity index (χ1) is 6.91. The summed E-state index contributed by atoms with van der Waals surface area (Å²) >= 11 is 0. The molecule has 0 saturated heterocycles. The lowest BCUT2D eigenvalue weighted by atomic mass is 10.0. The molecule has 0 aromatic heterocycles. The summed E-state index contributed by atoms with van der Waals surface area (Å²) in [6, 6.07) is 3.50. The van der Waals surface area contributed by atoms with Crippen molar-refractivity contribution in [3.8, 4) is 0 Å². The number of carbonyl (C=O) groups is 1. The predicted molar refractivity (Wildman–Crippen MR) is 61.4 cm³/mol. The summed E-state index contributed by atoms with van der Waals surface area (Å²) in [5.41, 5.74) is 4.32. The van der Waals surface area contributed by atoms with E-state index in [1.807, 2.05) is 26.8 Å². The Hall–Kier alpha value is -1.51. The van der Waals surface area contributed by atoms with Crippen LogP contribution in [0.1, 0.15) is 23.6 Å². The van der Waals surface area contributed by atoms with Crippen LogP contribution in [0.5, 0.6) is 0 Å². The molecule has 0 heterocycles. The van der Waals surface area contributed by atoms with E-state index in [9.17, 15) is 4.79 Å². The van der Waals surface area contributed by atoms with Crippen molar-refractivity contribution in [3.63, 3.8) is 0 Å². The van der Waals surface area contributed by atoms with Crippen molar-refractivity contribution in [1.82, 2.24) is 0 Å². The average molecular weight is 207 g/mol. The number of hydrogen-bond acceptors (Lipinski definition) is 2. The third-order valence-electron chi connectivity index (χ3n) is 2.55. The predicted octanol–water partition coefficient (Wildman–Crippen LogP) is 2.50. The molecule has 0 fully saturated rings. The van der Waals surface area contributed by atoms with E-state index in [2.05, 4.69) is 11.4 Å². The molecule has 0 aliphatic carbocycles. The first-order valence-corrected chi connectivity index (χ1v) is 4.99. The zero-order valence-corrected chi connectivity index (χ0v) is 9.59. The van der Waals surface area contributed by atoms with Crippen LogP contribution >= 0.6 is 0 Å². The van der Waals surface area contributed by atoms with Gasteiger partial charge in [0.15, 0.2) is 0 Å². The largest absolute Gasteiger partial charge is 0.480 e. The first-order valence-electron chi connectivity index (χ1n) is 4.99. The van der Waals surface area contributed by atoms with Gasteiger partial charge in [-0.3, -0.25) is 4.79 Å². The van der Waals surface area contributed by atoms with Crippen molar-refractivity contribution < 1.29 is 9.90 Å². The van der Waals surface area contributed by atoms with Crippen molar-refractivity contribution in [3.05, 3.63) is 28.8 Å². The molecule has 2 N–H and O–H groups in total. The molecule has 0 unspecified atom stereocenters. The molecule has 1 atom stereocenters. The van der Waals surface area contributed by atoms with Gasteiger partial charge in [0.05, 0.1) is 0 Å². The monoisotopic (exact) mass is 207 g/mol. The van der Waals surface area contributed by atoms with Crippen LogP contribution in [0.15, 0.2) is 12.1 Å². The van der Waals surface area contributed by atoms with Crippen LogP contribution in [-0.2, 0) is 4.79 Å². The molecule has 0 aliphatic rings. The van der Waals surface area contributed by atoms with E-state index in [0.717, 1.165) is 16.8 Å². The lowest BCUT2D eigenvalue weighted by Gasteiger charge is -2.15. The fraction of sp³-hybridized carbons (Fsp3) is 0.417. The zero-order chi connectivity index (χ0) is 11.6. The molecule has 1 rings (SSSR count). The Morgan fingerprint density at radius 2 is 1.93 bits per heavy atom. The molecule has 0 bridgehead atoms. The SMILES string of the molecule is Cc1cc(C)c(C)c(N[C@@H](C)C(=O)O)c1. The minimum Gasteiger partial charge on any atom is -0.480 e. The third kappa shape index (κ3) is 2.72. The van der Waals surface area contributed by atoms with Crippen molar-refractivity contribution in [2.75, 3.05) is 5.32 Å². The molecule has 15 heavy (non-hydrogen) atoms. The van der Waals surface area contributed by atoms with Gasteiger partial charge in [-0.25, -0.2) is 0 Å². The summed E-state index contributed by atoms with van der Waals surface area (Å²) < 4.78 is 0. The Morgan fingerprint density at radius 3 is 2.47 bits per heavy atom. The molecular formula is C12H17NO2. The molecule has 1 aromatic rings. The highest BCUT2D eigenvalue weighted by atomic mass is 16.4. The Kier molecular flexibility index (Phi) is 3.35. The van der Waals surface area contributed by atoms with Gasteiger partial charge in [0, 0.05) is 5.69 Å². The maximum atomic E-state index is 10.7. The molecule has 82 valence electrons. The van der Waals surface area contributed by atoms with Gasteiger partial charge in [-0.15, -0.1) is 0 Å². The summed E-state index contributed by atoms with van der Waals surface area (Å²) in [5, 5.41) is 11.8. The van der Waals surface area contributed by atoms with Gasteiger partial charge in [0.2, 0.25) is 0 Å². The van der Waals surface area contributed by atoms with Gasteiger partial charge in [-0.1, -0.05) is 6.07 Å². The smallest absolute Gasteiger partial charge is 0.325 e. The van der Waals surface area contributed by atoms with Gasteiger partial charge in [0.1, 0.15) is 6.04 Å². The van der Waals surface area contributed by atoms with E-state index in [0.29, 0.717) is 0 Å². The van der Waals surface area contributed by atoms with Gasteiger partial charge < -0.3 is 10.4 Å². The lowest BCUT2D eigenvalue weighted by molar-refractivity contribution is -0.137. The number of anilines is 1. The number of benzene rings is 1. The minimum atomic E-state index is -0.839. The van der Waals surface area contributed by atoms with Crippen molar-refractivity contribution >= 4 is 11.7 Å². The van der Waals surface area contributed by atoms with Crippen molar-refractivity contribution in [2.45, 2.75) is 33.7 Å². The van der Waals surface area contributed by atoms with E-state index in [1.165, 1.54) is 5.56 Å². The Labute approximate surface area is 90.1 Å².